The van der Waals surface area contributed by atoms with Crippen LogP contribution in [-0.4, -0.2) is 39.2 Å². The summed E-state index contributed by atoms with van der Waals surface area (Å²) in [5.41, 5.74) is 3.72. The smallest absolute Gasteiger partial charge is 0.191 e. The van der Waals surface area contributed by atoms with E-state index < -0.39 is 0 Å². The third-order valence-electron chi connectivity index (χ3n) is 4.46. The minimum absolute atomic E-state index is 0. The van der Waals surface area contributed by atoms with Gasteiger partial charge in [-0.15, -0.1) is 24.0 Å². The van der Waals surface area contributed by atoms with Crippen molar-refractivity contribution < 1.29 is 4.74 Å². The summed E-state index contributed by atoms with van der Waals surface area (Å²) in [6.07, 6.45) is 4.41. The van der Waals surface area contributed by atoms with Crippen molar-refractivity contribution in [2.75, 3.05) is 38.2 Å². The SMILES string of the molecule is CN=C(NCCOc1ccc(C)cc1)NCc1cccc(N2CC=CC2)c1.I. The summed E-state index contributed by atoms with van der Waals surface area (Å²) in [5.74, 6) is 1.66. The van der Waals surface area contributed by atoms with Gasteiger partial charge in [0.05, 0.1) is 6.54 Å². The topological polar surface area (TPSA) is 48.9 Å². The first kappa shape index (κ1) is 22.1. The van der Waals surface area contributed by atoms with Crippen molar-refractivity contribution in [1.29, 1.82) is 0 Å². The Morgan fingerprint density at radius 2 is 1.82 bits per heavy atom. The molecule has 0 amide bonds. The van der Waals surface area contributed by atoms with E-state index in [2.05, 4.69) is 76.0 Å². The van der Waals surface area contributed by atoms with Crippen molar-refractivity contribution in [3.63, 3.8) is 0 Å². The van der Waals surface area contributed by atoms with Gasteiger partial charge in [0.2, 0.25) is 0 Å². The summed E-state index contributed by atoms with van der Waals surface area (Å²) in [4.78, 5) is 6.62. The Hall–Kier alpha value is -2.22. The van der Waals surface area contributed by atoms with Gasteiger partial charge in [-0.3, -0.25) is 4.99 Å². The normalized spacial score (nSPS) is 13.2. The number of halogens is 1. The monoisotopic (exact) mass is 492 g/mol. The number of nitrogens with one attached hydrogen (secondary N) is 2. The van der Waals surface area contributed by atoms with Crippen LogP contribution in [0.25, 0.3) is 0 Å². The van der Waals surface area contributed by atoms with Gasteiger partial charge in [0.25, 0.3) is 0 Å². The Morgan fingerprint density at radius 1 is 1.07 bits per heavy atom. The summed E-state index contributed by atoms with van der Waals surface area (Å²) in [6.45, 7) is 6.04. The fourth-order valence-electron chi connectivity index (χ4n) is 2.93. The standard InChI is InChI=1S/C22H28N4O.HI/c1-18-8-10-21(11-9-18)27-15-12-24-22(23-2)25-17-19-6-5-7-20(16-19)26-13-3-4-14-26;/h3-11,16H,12-15,17H2,1-2H3,(H2,23,24,25);1H. The lowest BCUT2D eigenvalue weighted by Gasteiger charge is -2.19. The van der Waals surface area contributed by atoms with E-state index in [1.807, 2.05) is 12.1 Å². The number of aryl methyl sites for hydroxylation is 1. The van der Waals surface area contributed by atoms with Crippen LogP contribution in [0.5, 0.6) is 5.75 Å². The second-order valence-electron chi connectivity index (χ2n) is 6.56. The van der Waals surface area contributed by atoms with Crippen molar-refractivity contribution in [2.45, 2.75) is 13.5 Å². The van der Waals surface area contributed by atoms with E-state index in [0.717, 1.165) is 31.3 Å². The summed E-state index contributed by atoms with van der Waals surface area (Å²) in [5, 5.41) is 6.64. The molecule has 0 spiro atoms. The first-order chi connectivity index (χ1) is 13.2. The number of guanidine groups is 1. The summed E-state index contributed by atoms with van der Waals surface area (Å²) in [6, 6.07) is 16.7. The van der Waals surface area contributed by atoms with Gasteiger partial charge in [-0.05, 0) is 36.8 Å². The second-order valence-corrected chi connectivity index (χ2v) is 6.56. The first-order valence-corrected chi connectivity index (χ1v) is 9.37. The molecule has 0 radical (unpaired) electrons. The molecule has 0 aromatic heterocycles. The molecule has 1 heterocycles. The first-order valence-electron chi connectivity index (χ1n) is 9.37. The number of nitrogens with zero attached hydrogens (tertiary/aromatic N) is 2. The molecule has 3 rings (SSSR count). The Bertz CT molecular complexity index is 781. The largest absolute Gasteiger partial charge is 0.492 e. The van der Waals surface area contributed by atoms with Crippen molar-refractivity contribution >= 4 is 35.6 Å². The number of ether oxygens (including phenoxy) is 1. The molecule has 2 N–H and O–H groups in total. The maximum absolute atomic E-state index is 5.73. The maximum atomic E-state index is 5.73. The van der Waals surface area contributed by atoms with Crippen LogP contribution in [0.3, 0.4) is 0 Å². The predicted octanol–water partition coefficient (Wildman–Crippen LogP) is 3.73. The Kier molecular flexibility index (Phi) is 9.13. The van der Waals surface area contributed by atoms with Crippen LogP contribution in [0.4, 0.5) is 5.69 Å². The third kappa shape index (κ3) is 6.74. The number of aliphatic imine (C=N–C) groups is 1. The Balaban J connectivity index is 0.00000280. The number of benzene rings is 2. The highest BCUT2D eigenvalue weighted by molar-refractivity contribution is 14.0. The molecule has 0 saturated heterocycles. The van der Waals surface area contributed by atoms with Gasteiger partial charge in [-0.25, -0.2) is 0 Å². The zero-order valence-electron chi connectivity index (χ0n) is 16.5. The highest BCUT2D eigenvalue weighted by Crippen LogP contribution is 2.18. The lowest BCUT2D eigenvalue weighted by Crippen LogP contribution is -2.38. The highest BCUT2D eigenvalue weighted by atomic mass is 127. The van der Waals surface area contributed by atoms with E-state index >= 15 is 0 Å². The number of hydrogen-bond donors (Lipinski definition) is 2. The molecule has 28 heavy (non-hydrogen) atoms. The zero-order valence-corrected chi connectivity index (χ0v) is 18.9. The van der Waals surface area contributed by atoms with Crippen LogP contribution in [-0.2, 0) is 6.54 Å². The average Bonchev–Trinajstić information content (AvgIpc) is 3.24. The molecule has 0 aliphatic carbocycles. The van der Waals surface area contributed by atoms with E-state index in [0.29, 0.717) is 13.2 Å². The maximum Gasteiger partial charge on any atom is 0.191 e. The van der Waals surface area contributed by atoms with Crippen LogP contribution in [0.2, 0.25) is 0 Å². The van der Waals surface area contributed by atoms with Crippen molar-refractivity contribution in [1.82, 2.24) is 10.6 Å². The van der Waals surface area contributed by atoms with E-state index in [1.54, 1.807) is 7.05 Å². The highest BCUT2D eigenvalue weighted by Gasteiger charge is 2.08. The molecule has 0 unspecified atom stereocenters. The van der Waals surface area contributed by atoms with E-state index in [1.165, 1.54) is 16.8 Å². The zero-order chi connectivity index (χ0) is 18.9. The molecule has 2 aromatic rings. The van der Waals surface area contributed by atoms with Gasteiger partial charge >= 0.3 is 0 Å². The van der Waals surface area contributed by atoms with Crippen LogP contribution in [0.15, 0.2) is 65.7 Å². The molecule has 0 bridgehead atoms. The quantitative estimate of drug-likeness (QED) is 0.203. The predicted molar refractivity (Wildman–Crippen MR) is 128 cm³/mol. The Morgan fingerprint density at radius 3 is 2.54 bits per heavy atom. The van der Waals surface area contributed by atoms with Gasteiger partial charge in [-0.1, -0.05) is 42.0 Å². The molecule has 1 aliphatic rings. The van der Waals surface area contributed by atoms with E-state index in [4.69, 9.17) is 4.74 Å². The summed E-state index contributed by atoms with van der Waals surface area (Å²) in [7, 11) is 1.78. The van der Waals surface area contributed by atoms with Crippen LogP contribution in [0, 0.1) is 6.92 Å². The molecular formula is C22H29IN4O. The second kappa shape index (κ2) is 11.6. The molecule has 150 valence electrons. The molecule has 0 saturated carbocycles. The fraction of sp³-hybridized carbons (Fsp3) is 0.318. The number of rotatable bonds is 7. The van der Waals surface area contributed by atoms with E-state index in [9.17, 15) is 0 Å². The molecule has 0 atom stereocenters. The van der Waals surface area contributed by atoms with Crippen molar-refractivity contribution in [2.24, 2.45) is 4.99 Å². The fourth-order valence-corrected chi connectivity index (χ4v) is 2.93. The van der Waals surface area contributed by atoms with Gasteiger partial charge in [0, 0.05) is 32.4 Å². The number of anilines is 1. The van der Waals surface area contributed by atoms with Crippen LogP contribution >= 0.6 is 24.0 Å². The molecular weight excluding hydrogens is 463 g/mol. The van der Waals surface area contributed by atoms with E-state index in [-0.39, 0.29) is 24.0 Å². The molecule has 5 nitrogen and oxygen atoms in total. The van der Waals surface area contributed by atoms with Crippen LogP contribution in [0.1, 0.15) is 11.1 Å². The van der Waals surface area contributed by atoms with Gasteiger partial charge < -0.3 is 20.3 Å². The van der Waals surface area contributed by atoms with Gasteiger partial charge in [0.15, 0.2) is 5.96 Å². The molecule has 6 heteroatoms. The average molecular weight is 492 g/mol. The summed E-state index contributed by atoms with van der Waals surface area (Å²) >= 11 is 0. The van der Waals surface area contributed by atoms with Gasteiger partial charge in [0.1, 0.15) is 12.4 Å². The summed E-state index contributed by atoms with van der Waals surface area (Å²) < 4.78 is 5.73. The third-order valence-corrected chi connectivity index (χ3v) is 4.46. The molecule has 2 aromatic carbocycles. The molecule has 1 aliphatic heterocycles. The van der Waals surface area contributed by atoms with Gasteiger partial charge in [-0.2, -0.15) is 0 Å². The molecule has 0 fully saturated rings. The van der Waals surface area contributed by atoms with Crippen LogP contribution < -0.4 is 20.3 Å². The lowest BCUT2D eigenvalue weighted by atomic mass is 10.2. The number of hydrogen-bond acceptors (Lipinski definition) is 3. The van der Waals surface area contributed by atoms with Crippen molar-refractivity contribution in [3.8, 4) is 5.75 Å². The van der Waals surface area contributed by atoms with Crippen molar-refractivity contribution in [3.05, 3.63) is 71.8 Å². The lowest BCUT2D eigenvalue weighted by molar-refractivity contribution is 0.322. The minimum atomic E-state index is 0. The minimum Gasteiger partial charge on any atom is -0.492 e. The Labute approximate surface area is 184 Å².